The first-order valence-corrected chi connectivity index (χ1v) is 13.5. The molecule has 1 aliphatic rings. The maximum Gasteiger partial charge on any atom is 0.270 e. The van der Waals surface area contributed by atoms with Crippen molar-refractivity contribution in [1.29, 1.82) is 0 Å². The fraction of sp³-hybridized carbons (Fsp3) is 0.207. The van der Waals surface area contributed by atoms with Crippen molar-refractivity contribution in [1.82, 2.24) is 9.71 Å². The Hall–Kier alpha value is -4.24. The normalized spacial score (nSPS) is 13.2. The summed E-state index contributed by atoms with van der Waals surface area (Å²) in [6.07, 6.45) is 4.13. The molecule has 1 aromatic heterocycles. The van der Waals surface area contributed by atoms with Gasteiger partial charge in [0.15, 0.2) is 5.78 Å². The van der Waals surface area contributed by atoms with E-state index in [-0.39, 0.29) is 17.9 Å². The van der Waals surface area contributed by atoms with Crippen LogP contribution >= 0.6 is 0 Å². The Labute approximate surface area is 222 Å². The van der Waals surface area contributed by atoms with E-state index in [9.17, 15) is 18.0 Å². The van der Waals surface area contributed by atoms with E-state index < -0.39 is 26.6 Å². The first-order valence-electron chi connectivity index (χ1n) is 12.1. The molecule has 0 bridgehead atoms. The average molecular weight is 533 g/mol. The van der Waals surface area contributed by atoms with Gasteiger partial charge in [0, 0.05) is 12.0 Å². The van der Waals surface area contributed by atoms with E-state index in [1.165, 1.54) is 18.2 Å². The highest BCUT2D eigenvalue weighted by atomic mass is 32.2. The standard InChI is InChI=1S/C29H28N2O6S/c1-5-36-22-12-10-21(11-13-22)24-15-14-23(28(33)31-38(34,35)26-9-7-6-8-25(26)32)29(30-24)37-27-19(3)16-18(2)17-20(27)4/h6-7,9-17H,5,8H2,1-4H3,(H,31,33). The Kier molecular flexibility index (Phi) is 7.78. The summed E-state index contributed by atoms with van der Waals surface area (Å²) in [6, 6.07) is 14.2. The highest BCUT2D eigenvalue weighted by Crippen LogP contribution is 2.33. The van der Waals surface area contributed by atoms with Gasteiger partial charge >= 0.3 is 0 Å². The van der Waals surface area contributed by atoms with E-state index in [1.807, 2.05) is 68.8 Å². The van der Waals surface area contributed by atoms with E-state index in [1.54, 1.807) is 12.1 Å². The Bertz CT molecular complexity index is 1550. The quantitative estimate of drug-likeness (QED) is 0.417. The molecule has 38 heavy (non-hydrogen) atoms. The molecular formula is C29H28N2O6S. The van der Waals surface area contributed by atoms with Gasteiger partial charge in [-0.25, -0.2) is 18.1 Å². The third kappa shape index (κ3) is 5.84. The van der Waals surface area contributed by atoms with Crippen LogP contribution < -0.4 is 14.2 Å². The third-order valence-electron chi connectivity index (χ3n) is 5.85. The van der Waals surface area contributed by atoms with Crippen LogP contribution in [-0.4, -0.2) is 31.7 Å². The molecule has 0 fully saturated rings. The van der Waals surface area contributed by atoms with Gasteiger partial charge in [-0.3, -0.25) is 9.59 Å². The van der Waals surface area contributed by atoms with Crippen molar-refractivity contribution in [2.75, 3.05) is 6.61 Å². The fourth-order valence-corrected chi connectivity index (χ4v) is 5.27. The van der Waals surface area contributed by atoms with E-state index in [4.69, 9.17) is 9.47 Å². The SMILES string of the molecule is CCOc1ccc(-c2ccc(C(=O)NS(=O)(=O)C3=CC=CCC3=O)c(Oc3c(C)cc(C)cc3C)n2)cc1. The Morgan fingerprint density at radius 1 is 1.03 bits per heavy atom. The Balaban J connectivity index is 1.75. The summed E-state index contributed by atoms with van der Waals surface area (Å²) in [5, 5.41) is 0. The van der Waals surface area contributed by atoms with E-state index >= 15 is 0 Å². The molecule has 0 spiro atoms. The number of sulfonamides is 1. The van der Waals surface area contributed by atoms with Crippen molar-refractivity contribution < 1.29 is 27.5 Å². The fourth-order valence-electron chi connectivity index (χ4n) is 4.16. The van der Waals surface area contributed by atoms with E-state index in [2.05, 4.69) is 4.98 Å². The molecule has 0 radical (unpaired) electrons. The topological polar surface area (TPSA) is 112 Å². The lowest BCUT2D eigenvalue weighted by Crippen LogP contribution is -2.34. The third-order valence-corrected chi connectivity index (χ3v) is 7.24. The summed E-state index contributed by atoms with van der Waals surface area (Å²) in [5.74, 6) is -0.404. The average Bonchev–Trinajstić information content (AvgIpc) is 2.86. The number of rotatable bonds is 8. The number of aryl methyl sites for hydroxylation is 3. The number of carbonyl (C=O) groups excluding carboxylic acids is 2. The van der Waals surface area contributed by atoms with Crippen LogP contribution in [-0.2, 0) is 14.8 Å². The molecule has 0 atom stereocenters. The van der Waals surface area contributed by atoms with Gasteiger partial charge in [-0.05, 0) is 81.3 Å². The summed E-state index contributed by atoms with van der Waals surface area (Å²) in [6.45, 7) is 8.16. The molecule has 3 aromatic rings. The summed E-state index contributed by atoms with van der Waals surface area (Å²) in [5.41, 5.74) is 3.88. The van der Waals surface area contributed by atoms with Crippen LogP contribution in [0.15, 0.2) is 71.7 Å². The van der Waals surface area contributed by atoms with Gasteiger partial charge in [-0.2, -0.15) is 0 Å². The largest absolute Gasteiger partial charge is 0.494 e. The number of amides is 1. The smallest absolute Gasteiger partial charge is 0.270 e. The molecule has 1 heterocycles. The predicted octanol–water partition coefficient (Wildman–Crippen LogP) is 5.34. The molecule has 1 amide bonds. The highest BCUT2D eigenvalue weighted by molar-refractivity contribution is 7.95. The molecule has 8 nitrogen and oxygen atoms in total. The maximum atomic E-state index is 13.2. The molecule has 0 saturated heterocycles. The number of hydrogen-bond acceptors (Lipinski definition) is 7. The minimum Gasteiger partial charge on any atom is -0.494 e. The summed E-state index contributed by atoms with van der Waals surface area (Å²) in [4.78, 5) is 29.5. The lowest BCUT2D eigenvalue weighted by molar-refractivity contribution is -0.114. The monoisotopic (exact) mass is 532 g/mol. The molecule has 2 aromatic carbocycles. The molecule has 0 saturated carbocycles. The van der Waals surface area contributed by atoms with Gasteiger partial charge in [-0.15, -0.1) is 0 Å². The number of nitrogens with zero attached hydrogens (tertiary/aromatic N) is 1. The van der Waals surface area contributed by atoms with Crippen molar-refractivity contribution in [3.8, 4) is 28.6 Å². The van der Waals surface area contributed by atoms with Crippen molar-refractivity contribution >= 4 is 21.7 Å². The number of nitrogens with one attached hydrogen (secondary N) is 1. The number of allylic oxidation sites excluding steroid dienone is 4. The van der Waals surface area contributed by atoms with Crippen LogP contribution in [0.3, 0.4) is 0 Å². The lowest BCUT2D eigenvalue weighted by atomic mass is 10.1. The number of ketones is 1. The number of ether oxygens (including phenoxy) is 2. The number of carbonyl (C=O) groups is 2. The molecule has 4 rings (SSSR count). The molecular weight excluding hydrogens is 504 g/mol. The summed E-state index contributed by atoms with van der Waals surface area (Å²) in [7, 11) is -4.40. The zero-order chi connectivity index (χ0) is 27.4. The van der Waals surface area contributed by atoms with Gasteiger partial charge < -0.3 is 9.47 Å². The second-order valence-corrected chi connectivity index (χ2v) is 10.5. The Morgan fingerprint density at radius 2 is 1.71 bits per heavy atom. The zero-order valence-corrected chi connectivity index (χ0v) is 22.4. The second-order valence-electron chi connectivity index (χ2n) is 8.86. The van der Waals surface area contributed by atoms with Crippen molar-refractivity contribution in [3.63, 3.8) is 0 Å². The van der Waals surface area contributed by atoms with Gasteiger partial charge in [0.2, 0.25) is 5.88 Å². The van der Waals surface area contributed by atoms with Crippen LogP contribution in [0, 0.1) is 20.8 Å². The minimum absolute atomic E-state index is 0.0559. The van der Waals surface area contributed by atoms with E-state index in [0.717, 1.165) is 22.3 Å². The number of aromatic nitrogens is 1. The molecule has 1 aliphatic carbocycles. The van der Waals surface area contributed by atoms with Crippen LogP contribution in [0.5, 0.6) is 17.4 Å². The number of pyridine rings is 1. The van der Waals surface area contributed by atoms with Crippen molar-refractivity contribution in [3.05, 3.63) is 93.9 Å². The lowest BCUT2D eigenvalue weighted by Gasteiger charge is -2.16. The molecule has 0 unspecified atom stereocenters. The van der Waals surface area contributed by atoms with Gasteiger partial charge in [-0.1, -0.05) is 29.8 Å². The number of hydrogen-bond donors (Lipinski definition) is 1. The first kappa shape index (κ1) is 26.8. The predicted molar refractivity (Wildman–Crippen MR) is 145 cm³/mol. The van der Waals surface area contributed by atoms with Crippen molar-refractivity contribution in [2.24, 2.45) is 0 Å². The molecule has 1 N–H and O–H groups in total. The minimum atomic E-state index is -4.40. The van der Waals surface area contributed by atoms with Crippen LogP contribution in [0.1, 0.15) is 40.4 Å². The summed E-state index contributed by atoms with van der Waals surface area (Å²) < 4.78 is 39.3. The number of benzene rings is 2. The summed E-state index contributed by atoms with van der Waals surface area (Å²) >= 11 is 0. The molecule has 0 aliphatic heterocycles. The van der Waals surface area contributed by atoms with E-state index in [0.29, 0.717) is 23.8 Å². The van der Waals surface area contributed by atoms with Gasteiger partial charge in [0.25, 0.3) is 15.9 Å². The Morgan fingerprint density at radius 3 is 2.34 bits per heavy atom. The molecule has 196 valence electrons. The molecule has 9 heteroatoms. The maximum absolute atomic E-state index is 13.2. The first-order chi connectivity index (χ1) is 18.1. The second kappa shape index (κ2) is 11.0. The van der Waals surface area contributed by atoms with Crippen LogP contribution in [0.25, 0.3) is 11.3 Å². The zero-order valence-electron chi connectivity index (χ0n) is 21.6. The van der Waals surface area contributed by atoms with Crippen LogP contribution in [0.2, 0.25) is 0 Å². The van der Waals surface area contributed by atoms with Gasteiger partial charge in [0.05, 0.1) is 12.3 Å². The van der Waals surface area contributed by atoms with Crippen LogP contribution in [0.4, 0.5) is 0 Å². The van der Waals surface area contributed by atoms with Gasteiger partial charge in [0.1, 0.15) is 22.0 Å². The van der Waals surface area contributed by atoms with Crippen molar-refractivity contribution in [2.45, 2.75) is 34.1 Å². The highest BCUT2D eigenvalue weighted by Gasteiger charge is 2.29. The number of Topliss-reactive ketones (excluding diaryl/α,β-unsaturated/α-hetero) is 1.